The molecule has 0 spiro atoms. The number of hydrogen-bond acceptors (Lipinski definition) is 2. The van der Waals surface area contributed by atoms with Gasteiger partial charge >= 0.3 is 0 Å². The van der Waals surface area contributed by atoms with E-state index in [4.69, 9.17) is 0 Å². The Morgan fingerprint density at radius 3 is 2.47 bits per heavy atom. The third-order valence-electron chi connectivity index (χ3n) is 2.39. The third kappa shape index (κ3) is 4.04. The maximum atomic E-state index is 9.93. The molecular formula is C12H22N2O. The topological polar surface area (TPSA) is 38.0 Å². The summed E-state index contributed by atoms with van der Waals surface area (Å²) in [6.07, 6.45) is 1.23. The van der Waals surface area contributed by atoms with Gasteiger partial charge in [-0.15, -0.1) is 0 Å². The van der Waals surface area contributed by atoms with Gasteiger partial charge in [0, 0.05) is 19.2 Å². The van der Waals surface area contributed by atoms with Crippen molar-refractivity contribution < 1.29 is 5.11 Å². The molecule has 0 aliphatic heterocycles. The molecule has 1 N–H and O–H groups in total. The molecule has 3 nitrogen and oxygen atoms in total. The first kappa shape index (κ1) is 12.2. The summed E-state index contributed by atoms with van der Waals surface area (Å²) in [6.45, 7) is 8.40. The average molecular weight is 210 g/mol. The van der Waals surface area contributed by atoms with Crippen molar-refractivity contribution in [3.8, 4) is 0 Å². The average Bonchev–Trinajstić information content (AvgIpc) is 2.25. The van der Waals surface area contributed by atoms with Gasteiger partial charge in [0.2, 0.25) is 0 Å². The number of nitrogens with zero attached hydrogens (tertiary/aromatic N) is 2. The molecule has 15 heavy (non-hydrogen) atoms. The zero-order chi connectivity index (χ0) is 11.6. The van der Waals surface area contributed by atoms with Gasteiger partial charge in [0.15, 0.2) is 0 Å². The highest BCUT2D eigenvalue weighted by Crippen LogP contribution is 2.22. The van der Waals surface area contributed by atoms with E-state index in [1.165, 1.54) is 0 Å². The van der Waals surface area contributed by atoms with Crippen LogP contribution >= 0.6 is 0 Å². The molecular weight excluding hydrogens is 188 g/mol. The Morgan fingerprint density at radius 2 is 2.07 bits per heavy atom. The third-order valence-corrected chi connectivity index (χ3v) is 2.39. The molecule has 0 amide bonds. The minimum atomic E-state index is -0.278. The lowest BCUT2D eigenvalue weighted by Gasteiger charge is -2.22. The van der Waals surface area contributed by atoms with Crippen molar-refractivity contribution in [2.45, 2.75) is 46.6 Å². The molecule has 0 aromatic carbocycles. The SMILES string of the molecule is Cc1cc(CC(O)CC(C)(C)C)n(C)n1. The molecule has 0 bridgehead atoms. The first-order chi connectivity index (χ1) is 6.78. The summed E-state index contributed by atoms with van der Waals surface area (Å²) in [6, 6.07) is 2.03. The van der Waals surface area contributed by atoms with Crippen LogP contribution in [0.25, 0.3) is 0 Å². The zero-order valence-electron chi connectivity index (χ0n) is 10.4. The second kappa shape index (κ2) is 4.35. The monoisotopic (exact) mass is 210 g/mol. The van der Waals surface area contributed by atoms with Gasteiger partial charge in [0.1, 0.15) is 0 Å². The van der Waals surface area contributed by atoms with E-state index in [1.54, 1.807) is 0 Å². The Morgan fingerprint density at radius 1 is 1.47 bits per heavy atom. The summed E-state index contributed by atoms with van der Waals surface area (Å²) in [5.74, 6) is 0. The summed E-state index contributed by atoms with van der Waals surface area (Å²) < 4.78 is 1.85. The van der Waals surface area contributed by atoms with Crippen molar-refractivity contribution in [2.24, 2.45) is 12.5 Å². The van der Waals surface area contributed by atoms with Crippen LogP contribution in [0.5, 0.6) is 0 Å². The van der Waals surface area contributed by atoms with E-state index in [-0.39, 0.29) is 11.5 Å². The number of rotatable bonds is 3. The molecule has 0 aliphatic rings. The molecule has 1 aromatic heterocycles. The molecule has 1 atom stereocenters. The summed E-state index contributed by atoms with van der Waals surface area (Å²) in [7, 11) is 1.92. The molecule has 1 heterocycles. The lowest BCUT2D eigenvalue weighted by atomic mass is 9.88. The lowest BCUT2D eigenvalue weighted by Crippen LogP contribution is -2.20. The van der Waals surface area contributed by atoms with Crippen LogP contribution in [0.15, 0.2) is 6.07 Å². The van der Waals surface area contributed by atoms with Crippen LogP contribution in [0.4, 0.5) is 0 Å². The van der Waals surface area contributed by atoms with Crippen molar-refractivity contribution in [1.82, 2.24) is 9.78 Å². The predicted octanol–water partition coefficient (Wildman–Crippen LogP) is 2.07. The second-order valence-corrected chi connectivity index (χ2v) is 5.52. The van der Waals surface area contributed by atoms with Crippen LogP contribution in [0.1, 0.15) is 38.6 Å². The Labute approximate surface area is 92.1 Å². The maximum Gasteiger partial charge on any atom is 0.0600 e. The molecule has 0 aliphatic carbocycles. The van der Waals surface area contributed by atoms with Crippen LogP contribution in [0.2, 0.25) is 0 Å². The number of aliphatic hydroxyl groups is 1. The highest BCUT2D eigenvalue weighted by Gasteiger charge is 2.18. The number of aromatic nitrogens is 2. The molecule has 0 fully saturated rings. The summed E-state index contributed by atoms with van der Waals surface area (Å²) in [4.78, 5) is 0. The zero-order valence-corrected chi connectivity index (χ0v) is 10.4. The van der Waals surface area contributed by atoms with Gasteiger partial charge in [-0.05, 0) is 24.8 Å². The van der Waals surface area contributed by atoms with Crippen molar-refractivity contribution in [1.29, 1.82) is 0 Å². The van der Waals surface area contributed by atoms with Crippen LogP contribution in [0, 0.1) is 12.3 Å². The van der Waals surface area contributed by atoms with E-state index >= 15 is 0 Å². The second-order valence-electron chi connectivity index (χ2n) is 5.52. The van der Waals surface area contributed by atoms with E-state index in [2.05, 4.69) is 25.9 Å². The van der Waals surface area contributed by atoms with Gasteiger partial charge in [-0.3, -0.25) is 4.68 Å². The molecule has 1 aromatic rings. The van der Waals surface area contributed by atoms with Crippen molar-refractivity contribution in [3.05, 3.63) is 17.5 Å². The van der Waals surface area contributed by atoms with Crippen molar-refractivity contribution >= 4 is 0 Å². The minimum Gasteiger partial charge on any atom is -0.393 e. The van der Waals surface area contributed by atoms with Crippen LogP contribution in [0.3, 0.4) is 0 Å². The van der Waals surface area contributed by atoms with E-state index in [9.17, 15) is 5.11 Å². The number of aryl methyl sites for hydroxylation is 2. The quantitative estimate of drug-likeness (QED) is 0.829. The molecule has 0 saturated heterocycles. The lowest BCUT2D eigenvalue weighted by molar-refractivity contribution is 0.119. The summed E-state index contributed by atoms with van der Waals surface area (Å²) >= 11 is 0. The van der Waals surface area contributed by atoms with Gasteiger partial charge < -0.3 is 5.11 Å². The van der Waals surface area contributed by atoms with E-state index in [1.807, 2.05) is 24.7 Å². The van der Waals surface area contributed by atoms with E-state index < -0.39 is 0 Å². The fourth-order valence-corrected chi connectivity index (χ4v) is 1.88. The highest BCUT2D eigenvalue weighted by atomic mass is 16.3. The Bertz CT molecular complexity index is 323. The van der Waals surface area contributed by atoms with E-state index in [0.29, 0.717) is 6.42 Å². The number of aliphatic hydroxyl groups excluding tert-OH is 1. The fourth-order valence-electron chi connectivity index (χ4n) is 1.88. The molecule has 3 heteroatoms. The normalized spacial score (nSPS) is 14.3. The molecule has 1 rings (SSSR count). The van der Waals surface area contributed by atoms with E-state index in [0.717, 1.165) is 17.8 Å². The standard InChI is InChI=1S/C12H22N2O/c1-9-6-10(14(5)13-9)7-11(15)8-12(2,3)4/h6,11,15H,7-8H2,1-5H3. The predicted molar refractivity (Wildman–Crippen MR) is 61.7 cm³/mol. The Balaban J connectivity index is 2.58. The van der Waals surface area contributed by atoms with Crippen LogP contribution < -0.4 is 0 Å². The van der Waals surface area contributed by atoms with Gasteiger partial charge in [-0.2, -0.15) is 5.10 Å². The van der Waals surface area contributed by atoms with Crippen molar-refractivity contribution in [3.63, 3.8) is 0 Å². The van der Waals surface area contributed by atoms with Gasteiger partial charge in [0.05, 0.1) is 11.8 Å². The van der Waals surface area contributed by atoms with Crippen LogP contribution in [-0.2, 0) is 13.5 Å². The molecule has 0 radical (unpaired) electrons. The number of hydrogen-bond donors (Lipinski definition) is 1. The van der Waals surface area contributed by atoms with Gasteiger partial charge in [-0.25, -0.2) is 0 Å². The summed E-state index contributed by atoms with van der Waals surface area (Å²) in [5, 5.41) is 14.2. The molecule has 1 unspecified atom stereocenters. The van der Waals surface area contributed by atoms with Gasteiger partial charge in [-0.1, -0.05) is 20.8 Å². The highest BCUT2D eigenvalue weighted by molar-refractivity contribution is 5.09. The Hall–Kier alpha value is -0.830. The van der Waals surface area contributed by atoms with Crippen molar-refractivity contribution in [2.75, 3.05) is 0 Å². The smallest absolute Gasteiger partial charge is 0.0600 e. The minimum absolute atomic E-state index is 0.174. The Kier molecular flexibility index (Phi) is 3.55. The maximum absolute atomic E-state index is 9.93. The molecule has 86 valence electrons. The van der Waals surface area contributed by atoms with Gasteiger partial charge in [0.25, 0.3) is 0 Å². The van der Waals surface area contributed by atoms with Crippen LogP contribution in [-0.4, -0.2) is 21.0 Å². The first-order valence-electron chi connectivity index (χ1n) is 5.45. The first-order valence-corrected chi connectivity index (χ1v) is 5.45. The largest absolute Gasteiger partial charge is 0.393 e. The summed E-state index contributed by atoms with van der Waals surface area (Å²) in [5.41, 5.74) is 2.28. The molecule has 0 saturated carbocycles. The fraction of sp³-hybridized carbons (Fsp3) is 0.750.